The first-order valence-corrected chi connectivity index (χ1v) is 8.97. The second-order valence-corrected chi connectivity index (χ2v) is 6.97. The first-order valence-electron chi connectivity index (χ1n) is 7.08. The molecule has 3 aromatic carbocycles. The standard InChI is InChI=1S/C18H11IN2S/c19-20-21-15-7-3-1-5-11(15)13-10-18-14(9-16(13)21)12-6-2-4-8-17(12)22-18/h1-10,20H. The van der Waals surface area contributed by atoms with Crippen molar-refractivity contribution < 1.29 is 0 Å². The van der Waals surface area contributed by atoms with Crippen molar-refractivity contribution >= 4 is 76.2 Å². The van der Waals surface area contributed by atoms with Gasteiger partial charge in [0, 0.05) is 30.9 Å². The van der Waals surface area contributed by atoms with Gasteiger partial charge >= 0.3 is 0 Å². The van der Waals surface area contributed by atoms with E-state index in [0.717, 1.165) is 0 Å². The molecule has 2 nitrogen and oxygen atoms in total. The Morgan fingerprint density at radius 1 is 0.727 bits per heavy atom. The van der Waals surface area contributed by atoms with Crippen molar-refractivity contribution in [3.05, 3.63) is 60.7 Å². The van der Waals surface area contributed by atoms with Crippen LogP contribution in [0.15, 0.2) is 60.7 Å². The third-order valence-electron chi connectivity index (χ3n) is 4.26. The molecule has 2 heterocycles. The summed E-state index contributed by atoms with van der Waals surface area (Å²) in [5, 5.41) is 5.28. The predicted octanol–water partition coefficient (Wildman–Crippen LogP) is 6.06. The van der Waals surface area contributed by atoms with Crippen molar-refractivity contribution in [2.45, 2.75) is 0 Å². The van der Waals surface area contributed by atoms with Crippen LogP contribution in [0.3, 0.4) is 0 Å². The van der Waals surface area contributed by atoms with Gasteiger partial charge in [0.05, 0.1) is 33.9 Å². The van der Waals surface area contributed by atoms with Crippen LogP contribution in [-0.4, -0.2) is 4.68 Å². The van der Waals surface area contributed by atoms with Gasteiger partial charge in [0.15, 0.2) is 0 Å². The second-order valence-electron chi connectivity index (χ2n) is 5.40. The van der Waals surface area contributed by atoms with E-state index in [1.54, 1.807) is 0 Å². The van der Waals surface area contributed by atoms with Crippen LogP contribution < -0.4 is 3.64 Å². The van der Waals surface area contributed by atoms with E-state index >= 15 is 0 Å². The molecular formula is C18H11IN2S. The lowest BCUT2D eigenvalue weighted by atomic mass is 10.1. The molecule has 0 aliphatic heterocycles. The lowest BCUT2D eigenvalue weighted by Crippen LogP contribution is -2.00. The highest BCUT2D eigenvalue weighted by Gasteiger charge is 2.13. The van der Waals surface area contributed by atoms with E-state index in [1.807, 2.05) is 11.3 Å². The number of benzene rings is 3. The fraction of sp³-hybridized carbons (Fsp3) is 0. The lowest BCUT2D eigenvalue weighted by molar-refractivity contribution is 1.14. The van der Waals surface area contributed by atoms with Gasteiger partial charge in [-0.25, -0.2) is 0 Å². The molecule has 0 fully saturated rings. The summed E-state index contributed by atoms with van der Waals surface area (Å²) in [6.07, 6.45) is 0. The zero-order valence-corrected chi connectivity index (χ0v) is 14.5. The highest BCUT2D eigenvalue weighted by molar-refractivity contribution is 14.1. The van der Waals surface area contributed by atoms with E-state index in [1.165, 1.54) is 42.0 Å². The Balaban J connectivity index is 2.06. The fourth-order valence-electron chi connectivity index (χ4n) is 3.28. The molecule has 0 saturated carbocycles. The average Bonchev–Trinajstić information content (AvgIpc) is 3.07. The molecule has 4 heteroatoms. The number of thiophene rings is 1. The molecule has 0 bridgehead atoms. The predicted molar refractivity (Wildman–Crippen MR) is 106 cm³/mol. The third kappa shape index (κ3) is 1.59. The normalized spacial score (nSPS) is 11.9. The van der Waals surface area contributed by atoms with Crippen molar-refractivity contribution in [3.63, 3.8) is 0 Å². The first kappa shape index (κ1) is 12.7. The molecule has 106 valence electrons. The summed E-state index contributed by atoms with van der Waals surface area (Å²) in [6.45, 7) is 0. The van der Waals surface area contributed by atoms with Gasteiger partial charge in [-0.3, -0.25) is 8.32 Å². The van der Waals surface area contributed by atoms with Crippen molar-refractivity contribution in [1.82, 2.24) is 4.68 Å². The lowest BCUT2D eigenvalue weighted by Gasteiger charge is -2.03. The van der Waals surface area contributed by atoms with Crippen molar-refractivity contribution in [2.75, 3.05) is 3.64 Å². The Bertz CT molecular complexity index is 1170. The molecule has 0 amide bonds. The Morgan fingerprint density at radius 3 is 2.36 bits per heavy atom. The van der Waals surface area contributed by atoms with Crippen LogP contribution >= 0.6 is 34.2 Å². The zero-order valence-electron chi connectivity index (χ0n) is 11.5. The smallest absolute Gasteiger partial charge is 0.0737 e. The van der Waals surface area contributed by atoms with E-state index in [4.69, 9.17) is 0 Å². The fourth-order valence-corrected chi connectivity index (χ4v) is 4.92. The summed E-state index contributed by atoms with van der Waals surface area (Å²) in [7, 11) is 0. The maximum absolute atomic E-state index is 3.29. The van der Waals surface area contributed by atoms with Crippen molar-refractivity contribution in [3.8, 4) is 0 Å². The molecule has 0 saturated heterocycles. The molecule has 0 unspecified atom stereocenters. The number of halogens is 1. The molecule has 0 atom stereocenters. The maximum Gasteiger partial charge on any atom is 0.0737 e. The van der Waals surface area contributed by atoms with Gasteiger partial charge in [0.1, 0.15) is 0 Å². The van der Waals surface area contributed by atoms with E-state index < -0.39 is 0 Å². The van der Waals surface area contributed by atoms with Crippen LogP contribution in [-0.2, 0) is 0 Å². The van der Waals surface area contributed by atoms with Crippen LogP contribution in [0, 0.1) is 0 Å². The Hall–Kier alpha value is -1.79. The van der Waals surface area contributed by atoms with Gasteiger partial charge in [-0.05, 0) is 24.3 Å². The minimum atomic E-state index is 1.22. The zero-order chi connectivity index (χ0) is 14.7. The number of rotatable bonds is 1. The summed E-state index contributed by atoms with van der Waals surface area (Å²) in [5.41, 5.74) is 2.44. The number of aromatic nitrogens is 1. The molecule has 0 aliphatic rings. The SMILES string of the molecule is INn1c2ccccc2c2cc3sc4ccccc4c3cc21. The quantitative estimate of drug-likeness (QED) is 0.261. The number of fused-ring (bicyclic) bond motifs is 6. The number of para-hydroxylation sites is 1. The van der Waals surface area contributed by atoms with Crippen LogP contribution in [0.5, 0.6) is 0 Å². The molecular weight excluding hydrogens is 403 g/mol. The minimum absolute atomic E-state index is 1.22. The number of nitrogens with zero attached hydrogens (tertiary/aromatic N) is 1. The monoisotopic (exact) mass is 414 g/mol. The highest BCUT2D eigenvalue weighted by atomic mass is 127. The van der Waals surface area contributed by atoms with Crippen LogP contribution in [0.4, 0.5) is 0 Å². The van der Waals surface area contributed by atoms with Crippen LogP contribution in [0.2, 0.25) is 0 Å². The number of hydrogen-bond donors (Lipinski definition) is 1. The Labute approximate surface area is 144 Å². The van der Waals surface area contributed by atoms with E-state index in [-0.39, 0.29) is 0 Å². The summed E-state index contributed by atoms with van der Waals surface area (Å²) < 4.78 is 8.15. The van der Waals surface area contributed by atoms with Gasteiger partial charge in [-0.1, -0.05) is 36.4 Å². The third-order valence-corrected chi connectivity index (χ3v) is 5.87. The summed E-state index contributed by atoms with van der Waals surface area (Å²) in [4.78, 5) is 0. The molecule has 0 spiro atoms. The largest absolute Gasteiger partial charge is 0.265 e. The van der Waals surface area contributed by atoms with E-state index in [9.17, 15) is 0 Å². The molecule has 0 aliphatic carbocycles. The summed E-state index contributed by atoms with van der Waals surface area (Å²) in [6, 6.07) is 21.8. The van der Waals surface area contributed by atoms with Crippen molar-refractivity contribution in [2.24, 2.45) is 0 Å². The van der Waals surface area contributed by atoms with Gasteiger partial charge < -0.3 is 0 Å². The summed E-state index contributed by atoms with van der Waals surface area (Å²) >= 11 is 4.07. The summed E-state index contributed by atoms with van der Waals surface area (Å²) in [5.74, 6) is 0. The molecule has 5 aromatic rings. The van der Waals surface area contributed by atoms with Crippen molar-refractivity contribution in [1.29, 1.82) is 0 Å². The molecule has 0 radical (unpaired) electrons. The first-order chi connectivity index (χ1) is 10.9. The minimum Gasteiger partial charge on any atom is -0.265 e. The molecule has 22 heavy (non-hydrogen) atoms. The molecule has 2 aromatic heterocycles. The molecule has 1 N–H and O–H groups in total. The maximum atomic E-state index is 3.29. The van der Waals surface area contributed by atoms with Crippen LogP contribution in [0.1, 0.15) is 0 Å². The van der Waals surface area contributed by atoms with Gasteiger partial charge in [-0.15, -0.1) is 11.3 Å². The van der Waals surface area contributed by atoms with E-state index in [0.29, 0.717) is 0 Å². The second kappa shape index (κ2) is 4.60. The highest BCUT2D eigenvalue weighted by Crippen LogP contribution is 2.39. The van der Waals surface area contributed by atoms with Gasteiger partial charge in [-0.2, -0.15) is 0 Å². The Morgan fingerprint density at radius 2 is 1.50 bits per heavy atom. The number of nitrogens with one attached hydrogen (secondary N) is 1. The Kier molecular flexibility index (Phi) is 2.66. The topological polar surface area (TPSA) is 17.0 Å². The van der Waals surface area contributed by atoms with Crippen LogP contribution in [0.25, 0.3) is 42.0 Å². The van der Waals surface area contributed by atoms with Gasteiger partial charge in [0.2, 0.25) is 0 Å². The van der Waals surface area contributed by atoms with E-state index in [2.05, 4.69) is 91.8 Å². The van der Waals surface area contributed by atoms with Gasteiger partial charge in [0.25, 0.3) is 0 Å². The average molecular weight is 414 g/mol. The molecule has 5 rings (SSSR count). The number of hydrogen-bond acceptors (Lipinski definition) is 2.